The molecular weight excluding hydrogens is 290 g/mol. The number of unbranched alkanes of at least 4 members (excludes halogenated alkanes) is 1. The van der Waals surface area contributed by atoms with Gasteiger partial charge in [0, 0.05) is 24.0 Å². The van der Waals surface area contributed by atoms with Gasteiger partial charge in [0.2, 0.25) is 5.69 Å². The van der Waals surface area contributed by atoms with Crippen LogP contribution >= 0.6 is 0 Å². The van der Waals surface area contributed by atoms with Gasteiger partial charge in [0.25, 0.3) is 0 Å². The van der Waals surface area contributed by atoms with Gasteiger partial charge in [0.1, 0.15) is 6.54 Å². The Hall–Kier alpha value is -1.63. The third kappa shape index (κ3) is 2.10. The molecule has 0 fully saturated rings. The summed E-state index contributed by atoms with van der Waals surface area (Å²) in [6.45, 7) is 8.23. The molecule has 0 N–H and O–H groups in total. The number of fused-ring (bicyclic) bond motifs is 1. The fourth-order valence-corrected chi connectivity index (χ4v) is 5.42. The fourth-order valence-electron chi connectivity index (χ4n) is 5.42. The standard InChI is InChI=1S/C23H30N/c1-4-7-9-17-12-13-20-18(16-17)21-10-8-11-22-19(5-2)23(20,6-3)14-15-24(21)22/h8,10-13,16,19H,4-7,9,14-15H2,1-3H3/q+1. The van der Waals surface area contributed by atoms with E-state index in [0.29, 0.717) is 11.3 Å². The van der Waals surface area contributed by atoms with Crippen LogP contribution in [0.2, 0.25) is 0 Å². The minimum atomic E-state index is 0.323. The highest BCUT2D eigenvalue weighted by atomic mass is 15.0. The SMILES string of the molecule is CCCCc1ccc2c(c1)-c1cccc3[n+]1CCC2(CC)C3CC. The number of hydrogen-bond donors (Lipinski definition) is 0. The quantitative estimate of drug-likeness (QED) is 0.637. The highest BCUT2D eigenvalue weighted by molar-refractivity contribution is 5.66. The Morgan fingerprint density at radius 1 is 1.12 bits per heavy atom. The van der Waals surface area contributed by atoms with Crippen LogP contribution in [-0.2, 0) is 18.4 Å². The molecule has 0 saturated carbocycles. The van der Waals surface area contributed by atoms with Crippen molar-refractivity contribution < 1.29 is 4.57 Å². The lowest BCUT2D eigenvalue weighted by Gasteiger charge is -2.40. The zero-order valence-electron chi connectivity index (χ0n) is 15.4. The minimum absolute atomic E-state index is 0.323. The van der Waals surface area contributed by atoms with Gasteiger partial charge in [-0.05, 0) is 48.9 Å². The number of aryl methyl sites for hydroxylation is 1. The monoisotopic (exact) mass is 320 g/mol. The first-order chi connectivity index (χ1) is 11.7. The van der Waals surface area contributed by atoms with Crippen LogP contribution in [0.3, 0.4) is 0 Å². The molecule has 0 saturated heterocycles. The van der Waals surface area contributed by atoms with Crippen LogP contribution < -0.4 is 4.57 Å². The third-order valence-corrected chi connectivity index (χ3v) is 6.68. The first kappa shape index (κ1) is 15.9. The summed E-state index contributed by atoms with van der Waals surface area (Å²) < 4.78 is 2.62. The van der Waals surface area contributed by atoms with Crippen molar-refractivity contribution >= 4 is 0 Å². The lowest BCUT2D eigenvalue weighted by molar-refractivity contribution is -0.702. The topological polar surface area (TPSA) is 3.88 Å². The van der Waals surface area contributed by atoms with E-state index in [1.807, 2.05) is 0 Å². The van der Waals surface area contributed by atoms with E-state index in [0.717, 1.165) is 0 Å². The Balaban J connectivity index is 1.97. The summed E-state index contributed by atoms with van der Waals surface area (Å²) in [5, 5.41) is 0. The van der Waals surface area contributed by atoms with E-state index >= 15 is 0 Å². The molecule has 0 aliphatic carbocycles. The summed E-state index contributed by atoms with van der Waals surface area (Å²) in [5.74, 6) is 0.652. The third-order valence-electron chi connectivity index (χ3n) is 6.68. The van der Waals surface area contributed by atoms with Crippen LogP contribution in [0.4, 0.5) is 0 Å². The Morgan fingerprint density at radius 3 is 2.75 bits per heavy atom. The summed E-state index contributed by atoms with van der Waals surface area (Å²) in [5.41, 5.74) is 7.98. The van der Waals surface area contributed by atoms with Crippen molar-refractivity contribution in [3.63, 3.8) is 0 Å². The molecule has 2 atom stereocenters. The zero-order valence-corrected chi connectivity index (χ0v) is 15.4. The van der Waals surface area contributed by atoms with Crippen LogP contribution in [0.25, 0.3) is 11.3 Å². The van der Waals surface area contributed by atoms with Crippen molar-refractivity contribution in [3.8, 4) is 11.3 Å². The molecule has 0 amide bonds. The van der Waals surface area contributed by atoms with Crippen molar-refractivity contribution in [2.45, 2.75) is 77.2 Å². The molecule has 5 rings (SSSR count). The molecule has 0 spiro atoms. The van der Waals surface area contributed by atoms with Gasteiger partial charge in [0.05, 0.1) is 11.5 Å². The molecule has 126 valence electrons. The average Bonchev–Trinajstić information content (AvgIpc) is 2.80. The van der Waals surface area contributed by atoms with E-state index in [9.17, 15) is 0 Å². The second kappa shape index (κ2) is 6.02. The molecule has 4 bridgehead atoms. The molecular formula is C23H30N+. The fraction of sp³-hybridized carbons (Fsp3) is 0.522. The van der Waals surface area contributed by atoms with E-state index in [1.165, 1.54) is 61.9 Å². The Kier molecular flexibility index (Phi) is 3.98. The first-order valence-electron chi connectivity index (χ1n) is 9.91. The predicted octanol–water partition coefficient (Wildman–Crippen LogP) is 5.54. The summed E-state index contributed by atoms with van der Waals surface area (Å²) >= 11 is 0. The van der Waals surface area contributed by atoms with Gasteiger partial charge in [-0.15, -0.1) is 0 Å². The van der Waals surface area contributed by atoms with Crippen LogP contribution in [-0.4, -0.2) is 0 Å². The van der Waals surface area contributed by atoms with Crippen LogP contribution in [0, 0.1) is 0 Å². The van der Waals surface area contributed by atoms with Gasteiger partial charge in [-0.3, -0.25) is 0 Å². The summed E-state index contributed by atoms with van der Waals surface area (Å²) in [6, 6.07) is 14.4. The maximum absolute atomic E-state index is 2.62. The second-order valence-corrected chi connectivity index (χ2v) is 7.69. The average molecular weight is 321 g/mol. The maximum atomic E-state index is 2.62. The summed E-state index contributed by atoms with van der Waals surface area (Å²) in [4.78, 5) is 0. The molecule has 1 aromatic heterocycles. The molecule has 0 radical (unpaired) electrons. The predicted molar refractivity (Wildman–Crippen MR) is 100 cm³/mol. The van der Waals surface area contributed by atoms with E-state index in [-0.39, 0.29) is 0 Å². The van der Waals surface area contributed by atoms with Gasteiger partial charge in [-0.1, -0.05) is 39.3 Å². The van der Waals surface area contributed by atoms with Crippen molar-refractivity contribution in [2.24, 2.45) is 0 Å². The number of aromatic nitrogens is 1. The van der Waals surface area contributed by atoms with Gasteiger partial charge in [-0.2, -0.15) is 4.57 Å². The van der Waals surface area contributed by atoms with Crippen LogP contribution in [0.1, 0.15) is 75.6 Å². The molecule has 3 aliphatic heterocycles. The number of benzene rings is 1. The van der Waals surface area contributed by atoms with Crippen molar-refractivity contribution in [1.29, 1.82) is 0 Å². The Bertz CT molecular complexity index is 761. The first-order valence-corrected chi connectivity index (χ1v) is 9.91. The Morgan fingerprint density at radius 2 is 2.00 bits per heavy atom. The van der Waals surface area contributed by atoms with E-state index in [2.05, 4.69) is 61.7 Å². The van der Waals surface area contributed by atoms with Crippen molar-refractivity contribution in [3.05, 3.63) is 53.2 Å². The second-order valence-electron chi connectivity index (χ2n) is 7.69. The van der Waals surface area contributed by atoms with Crippen LogP contribution in [0.5, 0.6) is 0 Å². The molecule has 2 aromatic rings. The molecule has 1 nitrogen and oxygen atoms in total. The number of rotatable bonds is 5. The van der Waals surface area contributed by atoms with E-state index in [1.54, 1.807) is 11.3 Å². The molecule has 24 heavy (non-hydrogen) atoms. The molecule has 1 heteroatoms. The van der Waals surface area contributed by atoms with Gasteiger partial charge in [-0.25, -0.2) is 0 Å². The van der Waals surface area contributed by atoms with E-state index in [4.69, 9.17) is 0 Å². The summed E-state index contributed by atoms with van der Waals surface area (Å²) in [6.07, 6.45) is 7.52. The smallest absolute Gasteiger partial charge is 0.195 e. The normalized spacial score (nSPS) is 23.9. The molecule has 1 aromatic carbocycles. The Labute approximate surface area is 146 Å². The van der Waals surface area contributed by atoms with Crippen LogP contribution in [0.15, 0.2) is 36.4 Å². The van der Waals surface area contributed by atoms with Gasteiger partial charge < -0.3 is 0 Å². The van der Waals surface area contributed by atoms with Gasteiger partial charge >= 0.3 is 0 Å². The van der Waals surface area contributed by atoms with Crippen molar-refractivity contribution in [1.82, 2.24) is 0 Å². The van der Waals surface area contributed by atoms with Gasteiger partial charge in [0.15, 0.2) is 5.69 Å². The molecule has 4 heterocycles. The summed E-state index contributed by atoms with van der Waals surface area (Å²) in [7, 11) is 0. The highest BCUT2D eigenvalue weighted by Crippen LogP contribution is 2.52. The molecule has 3 aliphatic rings. The van der Waals surface area contributed by atoms with E-state index < -0.39 is 0 Å². The molecule has 2 unspecified atom stereocenters. The number of pyridine rings is 1. The largest absolute Gasteiger partial charge is 0.213 e. The number of nitrogens with zero attached hydrogens (tertiary/aromatic N) is 1. The number of hydrogen-bond acceptors (Lipinski definition) is 0. The maximum Gasteiger partial charge on any atom is 0.213 e. The highest BCUT2D eigenvalue weighted by Gasteiger charge is 2.51. The lowest BCUT2D eigenvalue weighted by atomic mass is 9.62. The van der Waals surface area contributed by atoms with Crippen molar-refractivity contribution in [2.75, 3.05) is 0 Å². The lowest BCUT2D eigenvalue weighted by Crippen LogP contribution is -2.50. The zero-order chi connectivity index (χ0) is 16.7. The minimum Gasteiger partial charge on any atom is -0.195 e.